The van der Waals surface area contributed by atoms with Crippen molar-refractivity contribution < 1.29 is 9.50 Å². The topological polar surface area (TPSA) is 41.3 Å². The van der Waals surface area contributed by atoms with Crippen LogP contribution in [0.2, 0.25) is 0 Å². The Labute approximate surface area is 136 Å². The smallest absolute Gasteiger partial charge is 0.123 e. The fraction of sp³-hybridized carbons (Fsp3) is 0.500. The highest BCUT2D eigenvalue weighted by Crippen LogP contribution is 2.26. The number of aliphatic hydroxyl groups excluding tert-OH is 1. The molecular formula is C18H24FN3O. The molecule has 1 atom stereocenters. The number of aliphatic hydroxyl groups is 1. The maximum atomic E-state index is 13.1. The van der Waals surface area contributed by atoms with Gasteiger partial charge in [-0.3, -0.25) is 4.90 Å². The van der Waals surface area contributed by atoms with Crippen molar-refractivity contribution in [2.75, 3.05) is 13.2 Å². The van der Waals surface area contributed by atoms with Crippen molar-refractivity contribution >= 4 is 0 Å². The second kappa shape index (κ2) is 6.81. The second-order valence-electron chi connectivity index (χ2n) is 6.32. The zero-order chi connectivity index (χ0) is 16.4. The molecule has 0 aliphatic carbocycles. The molecule has 0 spiro atoms. The van der Waals surface area contributed by atoms with Gasteiger partial charge in [0.15, 0.2) is 0 Å². The maximum Gasteiger partial charge on any atom is 0.123 e. The Bertz CT molecular complexity index is 666. The number of likely N-dealkylation sites (tertiary alicyclic amines) is 1. The lowest BCUT2D eigenvalue weighted by molar-refractivity contribution is 0.189. The van der Waals surface area contributed by atoms with Gasteiger partial charge in [0.05, 0.1) is 11.4 Å². The van der Waals surface area contributed by atoms with Crippen LogP contribution >= 0.6 is 0 Å². The summed E-state index contributed by atoms with van der Waals surface area (Å²) < 4.78 is 15.0. The number of aryl methyl sites for hydroxylation is 1. The summed E-state index contributed by atoms with van der Waals surface area (Å²) in [5, 5.41) is 13.9. The number of benzene rings is 1. The van der Waals surface area contributed by atoms with Crippen LogP contribution in [0.5, 0.6) is 0 Å². The van der Waals surface area contributed by atoms with Crippen molar-refractivity contribution in [3.8, 4) is 5.69 Å². The summed E-state index contributed by atoms with van der Waals surface area (Å²) in [7, 11) is 0. The zero-order valence-corrected chi connectivity index (χ0v) is 13.8. The van der Waals surface area contributed by atoms with E-state index in [-0.39, 0.29) is 12.4 Å². The highest BCUT2D eigenvalue weighted by Gasteiger charge is 2.26. The van der Waals surface area contributed by atoms with Crippen LogP contribution in [-0.2, 0) is 6.54 Å². The molecule has 1 fully saturated rings. The SMILES string of the molecule is Cc1nn(-c2ccc(F)cc2)c(C)c1CN1CCC[C@@H]1CCO. The summed E-state index contributed by atoms with van der Waals surface area (Å²) in [5.41, 5.74) is 4.23. The minimum Gasteiger partial charge on any atom is -0.396 e. The summed E-state index contributed by atoms with van der Waals surface area (Å²) in [6.07, 6.45) is 3.18. The van der Waals surface area contributed by atoms with Gasteiger partial charge in [0.2, 0.25) is 0 Å². The lowest BCUT2D eigenvalue weighted by Crippen LogP contribution is -2.30. The van der Waals surface area contributed by atoms with Gasteiger partial charge in [-0.1, -0.05) is 0 Å². The standard InChI is InChI=1S/C18H24FN3O/c1-13-18(12-21-10-3-4-16(21)9-11-23)14(2)22(20-13)17-7-5-15(19)6-8-17/h5-8,16,23H,3-4,9-12H2,1-2H3/t16-/m1/s1. The van der Waals surface area contributed by atoms with E-state index >= 15 is 0 Å². The molecule has 1 N–H and O–H groups in total. The third-order valence-corrected chi connectivity index (χ3v) is 4.83. The molecule has 1 aromatic heterocycles. The number of hydrogen-bond acceptors (Lipinski definition) is 3. The van der Waals surface area contributed by atoms with Crippen molar-refractivity contribution in [1.82, 2.24) is 14.7 Å². The van der Waals surface area contributed by atoms with Gasteiger partial charge >= 0.3 is 0 Å². The normalized spacial score (nSPS) is 18.7. The van der Waals surface area contributed by atoms with Crippen LogP contribution in [0.4, 0.5) is 4.39 Å². The third kappa shape index (κ3) is 3.31. The molecule has 0 amide bonds. The van der Waals surface area contributed by atoms with Crippen molar-refractivity contribution in [2.45, 2.75) is 45.7 Å². The molecular weight excluding hydrogens is 293 g/mol. The van der Waals surface area contributed by atoms with E-state index in [2.05, 4.69) is 16.9 Å². The summed E-state index contributed by atoms with van der Waals surface area (Å²) in [6.45, 7) is 6.28. The van der Waals surface area contributed by atoms with Crippen LogP contribution in [0.1, 0.15) is 36.2 Å². The molecule has 1 aliphatic heterocycles. The summed E-state index contributed by atoms with van der Waals surface area (Å²) >= 11 is 0. The van der Waals surface area contributed by atoms with Crippen LogP contribution in [0.3, 0.4) is 0 Å². The van der Waals surface area contributed by atoms with E-state index in [4.69, 9.17) is 0 Å². The molecule has 124 valence electrons. The second-order valence-corrected chi connectivity index (χ2v) is 6.32. The van der Waals surface area contributed by atoms with Crippen LogP contribution in [0, 0.1) is 19.7 Å². The van der Waals surface area contributed by atoms with Crippen molar-refractivity contribution in [3.63, 3.8) is 0 Å². The van der Waals surface area contributed by atoms with Crippen molar-refractivity contribution in [2.24, 2.45) is 0 Å². The average molecular weight is 317 g/mol. The average Bonchev–Trinajstić information content (AvgIpc) is 3.08. The monoisotopic (exact) mass is 317 g/mol. The first-order chi connectivity index (χ1) is 11.1. The van der Waals surface area contributed by atoms with E-state index in [0.29, 0.717) is 6.04 Å². The quantitative estimate of drug-likeness (QED) is 0.922. The van der Waals surface area contributed by atoms with Crippen LogP contribution < -0.4 is 0 Å². The molecule has 0 bridgehead atoms. The van der Waals surface area contributed by atoms with E-state index in [1.807, 2.05) is 11.6 Å². The Balaban J connectivity index is 1.85. The third-order valence-electron chi connectivity index (χ3n) is 4.83. The first kappa shape index (κ1) is 16.1. The lowest BCUT2D eigenvalue weighted by atomic mass is 10.1. The van der Waals surface area contributed by atoms with Gasteiger partial charge in [0.1, 0.15) is 5.82 Å². The molecule has 5 heteroatoms. The van der Waals surface area contributed by atoms with Crippen LogP contribution in [0.25, 0.3) is 5.69 Å². The first-order valence-electron chi connectivity index (χ1n) is 8.26. The van der Waals surface area contributed by atoms with E-state index < -0.39 is 0 Å². The van der Waals surface area contributed by atoms with Gasteiger partial charge in [-0.05, 0) is 63.9 Å². The summed E-state index contributed by atoms with van der Waals surface area (Å²) in [6, 6.07) is 6.89. The summed E-state index contributed by atoms with van der Waals surface area (Å²) in [4.78, 5) is 2.45. The Hall–Kier alpha value is -1.72. The Morgan fingerprint density at radius 1 is 1.26 bits per heavy atom. The minimum absolute atomic E-state index is 0.237. The predicted molar refractivity (Wildman–Crippen MR) is 88.1 cm³/mol. The highest BCUT2D eigenvalue weighted by molar-refractivity contribution is 5.37. The Kier molecular flexibility index (Phi) is 4.78. The molecule has 3 rings (SSSR count). The molecule has 1 aliphatic rings. The zero-order valence-electron chi connectivity index (χ0n) is 13.8. The largest absolute Gasteiger partial charge is 0.396 e. The van der Waals surface area contributed by atoms with E-state index in [0.717, 1.165) is 43.0 Å². The number of rotatable bonds is 5. The highest BCUT2D eigenvalue weighted by atomic mass is 19.1. The van der Waals surface area contributed by atoms with Gasteiger partial charge in [-0.2, -0.15) is 5.10 Å². The molecule has 23 heavy (non-hydrogen) atoms. The molecule has 0 radical (unpaired) electrons. The molecule has 1 aromatic carbocycles. The van der Waals surface area contributed by atoms with Gasteiger partial charge in [-0.25, -0.2) is 9.07 Å². The van der Waals surface area contributed by atoms with E-state index in [1.165, 1.54) is 24.1 Å². The Morgan fingerprint density at radius 3 is 2.70 bits per heavy atom. The first-order valence-corrected chi connectivity index (χ1v) is 8.26. The summed E-state index contributed by atoms with van der Waals surface area (Å²) in [5.74, 6) is -0.237. The molecule has 2 heterocycles. The number of hydrogen-bond donors (Lipinski definition) is 1. The van der Waals surface area contributed by atoms with Crippen molar-refractivity contribution in [3.05, 3.63) is 47.0 Å². The fourth-order valence-corrected chi connectivity index (χ4v) is 3.52. The molecule has 4 nitrogen and oxygen atoms in total. The van der Waals surface area contributed by atoms with Gasteiger partial charge in [0, 0.05) is 30.5 Å². The van der Waals surface area contributed by atoms with Gasteiger partial charge in [0.25, 0.3) is 0 Å². The fourth-order valence-electron chi connectivity index (χ4n) is 3.52. The molecule has 2 aromatic rings. The van der Waals surface area contributed by atoms with E-state index in [1.54, 1.807) is 12.1 Å². The van der Waals surface area contributed by atoms with Crippen LogP contribution in [-0.4, -0.2) is 39.0 Å². The van der Waals surface area contributed by atoms with Crippen molar-refractivity contribution in [1.29, 1.82) is 0 Å². The van der Waals surface area contributed by atoms with Gasteiger partial charge in [-0.15, -0.1) is 0 Å². The number of nitrogens with zero attached hydrogens (tertiary/aromatic N) is 3. The van der Waals surface area contributed by atoms with Gasteiger partial charge < -0.3 is 5.11 Å². The lowest BCUT2D eigenvalue weighted by Gasteiger charge is -2.24. The van der Waals surface area contributed by atoms with Crippen LogP contribution in [0.15, 0.2) is 24.3 Å². The molecule has 1 saturated heterocycles. The molecule has 0 saturated carbocycles. The predicted octanol–water partition coefficient (Wildman–Crippen LogP) is 2.98. The number of aromatic nitrogens is 2. The molecule has 0 unspecified atom stereocenters. The Morgan fingerprint density at radius 2 is 2.00 bits per heavy atom. The maximum absolute atomic E-state index is 13.1. The van der Waals surface area contributed by atoms with E-state index in [9.17, 15) is 9.50 Å². The minimum atomic E-state index is -0.237. The number of halogens is 1.